The van der Waals surface area contributed by atoms with Crippen LogP contribution in [0.2, 0.25) is 0 Å². The third-order valence-electron chi connectivity index (χ3n) is 2.02. The van der Waals surface area contributed by atoms with E-state index in [9.17, 15) is 9.18 Å². The topological polar surface area (TPSA) is 39.2 Å². The SMILES string of the molecule is CCOC(CC)C(=O)c1cncc(F)c1. The normalized spacial score (nSPS) is 12.5. The van der Waals surface area contributed by atoms with Gasteiger partial charge in [0.15, 0.2) is 5.78 Å². The van der Waals surface area contributed by atoms with Crippen molar-refractivity contribution in [3.05, 3.63) is 29.8 Å². The molecule has 0 radical (unpaired) electrons. The first-order valence-electron chi connectivity index (χ1n) is 4.95. The fraction of sp³-hybridized carbons (Fsp3) is 0.455. The summed E-state index contributed by atoms with van der Waals surface area (Å²) in [4.78, 5) is 15.4. The molecule has 0 saturated heterocycles. The largest absolute Gasteiger partial charge is 0.370 e. The van der Waals surface area contributed by atoms with Crippen LogP contribution in [-0.4, -0.2) is 23.5 Å². The Morgan fingerprint density at radius 3 is 2.80 bits per heavy atom. The van der Waals surface area contributed by atoms with Crippen LogP contribution in [0.4, 0.5) is 4.39 Å². The Morgan fingerprint density at radius 1 is 1.53 bits per heavy atom. The first-order chi connectivity index (χ1) is 7.19. The molecule has 0 aliphatic carbocycles. The molecule has 82 valence electrons. The second-order valence-corrected chi connectivity index (χ2v) is 3.11. The molecule has 0 aliphatic heterocycles. The molecule has 0 aromatic carbocycles. The molecule has 0 amide bonds. The zero-order chi connectivity index (χ0) is 11.3. The third kappa shape index (κ3) is 3.09. The number of pyridine rings is 1. The monoisotopic (exact) mass is 211 g/mol. The Hall–Kier alpha value is -1.29. The molecule has 1 aromatic heterocycles. The van der Waals surface area contributed by atoms with Gasteiger partial charge in [-0.3, -0.25) is 9.78 Å². The number of ketones is 1. The molecule has 1 unspecified atom stereocenters. The number of carbonyl (C=O) groups is 1. The van der Waals surface area contributed by atoms with E-state index in [-0.39, 0.29) is 11.3 Å². The van der Waals surface area contributed by atoms with Gasteiger partial charge in [-0.2, -0.15) is 0 Å². The van der Waals surface area contributed by atoms with Crippen molar-refractivity contribution < 1.29 is 13.9 Å². The summed E-state index contributed by atoms with van der Waals surface area (Å²) in [5.41, 5.74) is 0.260. The summed E-state index contributed by atoms with van der Waals surface area (Å²) < 4.78 is 18.1. The minimum absolute atomic E-state index is 0.216. The van der Waals surface area contributed by atoms with Crippen LogP contribution in [0.25, 0.3) is 0 Å². The van der Waals surface area contributed by atoms with Crippen LogP contribution >= 0.6 is 0 Å². The molecule has 1 rings (SSSR count). The van der Waals surface area contributed by atoms with Gasteiger partial charge in [0.2, 0.25) is 0 Å². The van der Waals surface area contributed by atoms with Crippen molar-refractivity contribution in [2.75, 3.05) is 6.61 Å². The van der Waals surface area contributed by atoms with E-state index in [1.807, 2.05) is 13.8 Å². The minimum atomic E-state index is -0.507. The van der Waals surface area contributed by atoms with E-state index in [0.29, 0.717) is 13.0 Å². The molecular formula is C11H14FNO2. The zero-order valence-corrected chi connectivity index (χ0v) is 8.87. The average molecular weight is 211 g/mol. The molecule has 0 spiro atoms. The number of halogens is 1. The smallest absolute Gasteiger partial charge is 0.193 e. The number of nitrogens with zero attached hydrogens (tertiary/aromatic N) is 1. The Balaban J connectivity index is 2.82. The standard InChI is InChI=1S/C11H14FNO2/c1-3-10(15-4-2)11(14)8-5-9(12)7-13-6-8/h5-7,10H,3-4H2,1-2H3. The van der Waals surface area contributed by atoms with Crippen molar-refractivity contribution in [3.63, 3.8) is 0 Å². The molecule has 0 N–H and O–H groups in total. The van der Waals surface area contributed by atoms with Gasteiger partial charge in [-0.1, -0.05) is 6.92 Å². The van der Waals surface area contributed by atoms with Gasteiger partial charge in [0.05, 0.1) is 6.20 Å². The number of rotatable bonds is 5. The van der Waals surface area contributed by atoms with Crippen LogP contribution in [0.5, 0.6) is 0 Å². The highest BCUT2D eigenvalue weighted by molar-refractivity contribution is 5.99. The van der Waals surface area contributed by atoms with Gasteiger partial charge in [-0.15, -0.1) is 0 Å². The highest BCUT2D eigenvalue weighted by Crippen LogP contribution is 2.09. The molecule has 0 fully saturated rings. The Bertz CT molecular complexity index is 341. The number of ether oxygens (including phenoxy) is 1. The molecule has 1 atom stereocenters. The highest BCUT2D eigenvalue weighted by atomic mass is 19.1. The van der Waals surface area contributed by atoms with E-state index in [1.54, 1.807) is 0 Å². The summed E-state index contributed by atoms with van der Waals surface area (Å²) in [5, 5.41) is 0. The van der Waals surface area contributed by atoms with Crippen LogP contribution in [0.3, 0.4) is 0 Å². The van der Waals surface area contributed by atoms with Gasteiger partial charge in [0, 0.05) is 18.4 Å². The van der Waals surface area contributed by atoms with Crippen molar-refractivity contribution in [1.82, 2.24) is 4.98 Å². The molecular weight excluding hydrogens is 197 g/mol. The van der Waals surface area contributed by atoms with Gasteiger partial charge in [-0.05, 0) is 19.4 Å². The Kier molecular flexibility index (Phi) is 4.37. The second kappa shape index (κ2) is 5.56. The van der Waals surface area contributed by atoms with Gasteiger partial charge in [0.1, 0.15) is 11.9 Å². The maximum atomic E-state index is 12.8. The van der Waals surface area contributed by atoms with E-state index in [2.05, 4.69) is 4.98 Å². The van der Waals surface area contributed by atoms with E-state index in [1.165, 1.54) is 12.3 Å². The average Bonchev–Trinajstić information content (AvgIpc) is 2.25. The summed E-state index contributed by atoms with van der Waals surface area (Å²) in [6, 6.07) is 1.18. The van der Waals surface area contributed by atoms with Crippen LogP contribution in [0, 0.1) is 5.82 Å². The van der Waals surface area contributed by atoms with E-state index < -0.39 is 11.9 Å². The van der Waals surface area contributed by atoms with Crippen molar-refractivity contribution >= 4 is 5.78 Å². The van der Waals surface area contributed by atoms with E-state index in [0.717, 1.165) is 6.20 Å². The third-order valence-corrected chi connectivity index (χ3v) is 2.02. The lowest BCUT2D eigenvalue weighted by molar-refractivity contribution is 0.0443. The molecule has 1 heterocycles. The first kappa shape index (κ1) is 11.8. The molecule has 0 aliphatic rings. The van der Waals surface area contributed by atoms with Crippen LogP contribution in [0.1, 0.15) is 30.6 Å². The molecule has 15 heavy (non-hydrogen) atoms. The summed E-state index contributed by atoms with van der Waals surface area (Å²) in [5.74, 6) is -0.724. The molecule has 0 bridgehead atoms. The lowest BCUT2D eigenvalue weighted by atomic mass is 10.1. The minimum Gasteiger partial charge on any atom is -0.370 e. The Morgan fingerprint density at radius 2 is 2.27 bits per heavy atom. The Labute approximate surface area is 88.3 Å². The summed E-state index contributed by atoms with van der Waals surface area (Å²) >= 11 is 0. The summed E-state index contributed by atoms with van der Waals surface area (Å²) in [6.07, 6.45) is 2.49. The van der Waals surface area contributed by atoms with Crippen LogP contribution in [0.15, 0.2) is 18.5 Å². The molecule has 0 saturated carbocycles. The quantitative estimate of drug-likeness (QED) is 0.701. The first-order valence-corrected chi connectivity index (χ1v) is 4.95. The zero-order valence-electron chi connectivity index (χ0n) is 8.87. The van der Waals surface area contributed by atoms with E-state index in [4.69, 9.17) is 4.74 Å². The van der Waals surface area contributed by atoms with Gasteiger partial charge in [-0.25, -0.2) is 4.39 Å². The summed E-state index contributed by atoms with van der Waals surface area (Å²) in [7, 11) is 0. The number of carbonyl (C=O) groups excluding carboxylic acids is 1. The predicted octanol–water partition coefficient (Wildman–Crippen LogP) is 2.22. The number of aromatic nitrogens is 1. The fourth-order valence-electron chi connectivity index (χ4n) is 1.31. The number of hydrogen-bond donors (Lipinski definition) is 0. The molecule has 3 nitrogen and oxygen atoms in total. The summed E-state index contributed by atoms with van der Waals surface area (Å²) in [6.45, 7) is 4.14. The van der Waals surface area contributed by atoms with Crippen molar-refractivity contribution in [2.45, 2.75) is 26.4 Å². The fourth-order valence-corrected chi connectivity index (χ4v) is 1.31. The maximum Gasteiger partial charge on any atom is 0.193 e. The van der Waals surface area contributed by atoms with Gasteiger partial charge in [0.25, 0.3) is 0 Å². The van der Waals surface area contributed by atoms with Gasteiger partial charge >= 0.3 is 0 Å². The van der Waals surface area contributed by atoms with Gasteiger partial charge < -0.3 is 4.74 Å². The maximum absolute atomic E-state index is 12.8. The number of hydrogen-bond acceptors (Lipinski definition) is 3. The highest BCUT2D eigenvalue weighted by Gasteiger charge is 2.18. The molecule has 1 aromatic rings. The lowest BCUT2D eigenvalue weighted by Crippen LogP contribution is -2.23. The van der Waals surface area contributed by atoms with E-state index >= 15 is 0 Å². The van der Waals surface area contributed by atoms with Crippen molar-refractivity contribution in [2.24, 2.45) is 0 Å². The second-order valence-electron chi connectivity index (χ2n) is 3.11. The van der Waals surface area contributed by atoms with Crippen LogP contribution in [-0.2, 0) is 4.74 Å². The van der Waals surface area contributed by atoms with Crippen molar-refractivity contribution in [1.29, 1.82) is 0 Å². The van der Waals surface area contributed by atoms with Crippen LogP contribution < -0.4 is 0 Å². The molecule has 4 heteroatoms. The lowest BCUT2D eigenvalue weighted by Gasteiger charge is -2.13. The van der Waals surface area contributed by atoms with Crippen molar-refractivity contribution in [3.8, 4) is 0 Å². The number of Topliss-reactive ketones (excluding diaryl/α,β-unsaturated/α-hetero) is 1. The predicted molar refractivity (Wildman–Crippen MR) is 54.2 cm³/mol.